The lowest BCUT2D eigenvalue weighted by atomic mass is 9.89. The van der Waals surface area contributed by atoms with Gasteiger partial charge in [0.1, 0.15) is 5.82 Å². The molecular formula is C24H35N7O. The second kappa shape index (κ2) is 8.37. The summed E-state index contributed by atoms with van der Waals surface area (Å²) < 4.78 is 2.26. The molecular weight excluding hydrogens is 402 g/mol. The van der Waals surface area contributed by atoms with Gasteiger partial charge in [0.15, 0.2) is 0 Å². The number of likely N-dealkylation sites (N-methyl/N-ethyl adjacent to an activating group) is 1. The number of urea groups is 1. The van der Waals surface area contributed by atoms with Gasteiger partial charge in [0, 0.05) is 32.5 Å². The predicted octanol–water partition coefficient (Wildman–Crippen LogP) is 4.25. The van der Waals surface area contributed by atoms with Crippen molar-refractivity contribution in [3.63, 3.8) is 0 Å². The molecule has 0 spiro atoms. The van der Waals surface area contributed by atoms with Gasteiger partial charge in [0.2, 0.25) is 5.95 Å². The Labute approximate surface area is 190 Å². The quantitative estimate of drug-likeness (QED) is 0.700. The zero-order valence-corrected chi connectivity index (χ0v) is 19.5. The largest absolute Gasteiger partial charge is 0.343 e. The van der Waals surface area contributed by atoms with E-state index >= 15 is 0 Å². The standard InChI is InChI=1S/C24H35N7O/c1-17(2)19-14-29(3)23(32)31(19)21-9-12-25-22(27-21)28-24(10-11-24)20-15-30(16-26-20)13-18-7-5-4-6-8-18/h9,12,15-19H,4-8,10-11,13-14H2,1-3H3,(H,25,27,28). The van der Waals surface area contributed by atoms with E-state index in [2.05, 4.69) is 34.9 Å². The highest BCUT2D eigenvalue weighted by Crippen LogP contribution is 2.47. The summed E-state index contributed by atoms with van der Waals surface area (Å²) in [4.78, 5) is 30.3. The highest BCUT2D eigenvalue weighted by atomic mass is 16.2. The van der Waals surface area contributed by atoms with Crippen LogP contribution in [0.5, 0.6) is 0 Å². The van der Waals surface area contributed by atoms with E-state index in [4.69, 9.17) is 9.97 Å². The van der Waals surface area contributed by atoms with Crippen molar-refractivity contribution < 1.29 is 4.79 Å². The zero-order valence-electron chi connectivity index (χ0n) is 19.5. The lowest BCUT2D eigenvalue weighted by molar-refractivity contribution is 0.229. The Balaban J connectivity index is 1.31. The Morgan fingerprint density at radius 1 is 1.19 bits per heavy atom. The second-order valence-electron chi connectivity index (χ2n) is 10.2. The average Bonchev–Trinajstić information content (AvgIpc) is 3.28. The van der Waals surface area contributed by atoms with Crippen LogP contribution in [0.1, 0.15) is 64.5 Å². The molecule has 1 aliphatic heterocycles. The van der Waals surface area contributed by atoms with Gasteiger partial charge in [-0.05, 0) is 43.6 Å². The van der Waals surface area contributed by atoms with Crippen LogP contribution in [0, 0.1) is 11.8 Å². The molecule has 3 heterocycles. The molecule has 8 nitrogen and oxygen atoms in total. The number of amides is 2. The normalized spacial score (nSPS) is 23.2. The topological polar surface area (TPSA) is 79.2 Å². The van der Waals surface area contributed by atoms with Crippen LogP contribution in [0.15, 0.2) is 24.8 Å². The summed E-state index contributed by atoms with van der Waals surface area (Å²) in [7, 11) is 1.85. The molecule has 0 radical (unpaired) electrons. The van der Waals surface area contributed by atoms with Crippen LogP contribution in [-0.2, 0) is 12.1 Å². The van der Waals surface area contributed by atoms with Crippen LogP contribution in [0.3, 0.4) is 0 Å². The molecule has 2 aliphatic carbocycles. The van der Waals surface area contributed by atoms with Crippen LogP contribution in [0.25, 0.3) is 0 Å². The monoisotopic (exact) mass is 437 g/mol. The van der Waals surface area contributed by atoms with E-state index in [1.54, 1.807) is 11.1 Å². The van der Waals surface area contributed by atoms with Crippen molar-refractivity contribution >= 4 is 17.8 Å². The van der Waals surface area contributed by atoms with Gasteiger partial charge >= 0.3 is 6.03 Å². The maximum Gasteiger partial charge on any atom is 0.325 e. The fourth-order valence-corrected chi connectivity index (χ4v) is 5.25. The number of nitrogens with zero attached hydrogens (tertiary/aromatic N) is 6. The molecule has 5 rings (SSSR count). The summed E-state index contributed by atoms with van der Waals surface area (Å²) in [5.41, 5.74) is 0.874. The molecule has 3 aliphatic rings. The highest BCUT2D eigenvalue weighted by molar-refractivity contribution is 5.94. The minimum absolute atomic E-state index is 0.00376. The van der Waals surface area contributed by atoms with Crippen molar-refractivity contribution in [2.75, 3.05) is 23.8 Å². The Morgan fingerprint density at radius 3 is 2.69 bits per heavy atom. The van der Waals surface area contributed by atoms with Gasteiger partial charge < -0.3 is 14.8 Å². The fourth-order valence-electron chi connectivity index (χ4n) is 5.25. The van der Waals surface area contributed by atoms with Crippen LogP contribution < -0.4 is 10.2 Å². The number of rotatable bonds is 7. The first-order chi connectivity index (χ1) is 15.4. The molecule has 0 bridgehead atoms. The molecule has 2 aromatic heterocycles. The minimum Gasteiger partial charge on any atom is -0.343 e. The molecule has 1 atom stereocenters. The van der Waals surface area contributed by atoms with E-state index in [-0.39, 0.29) is 17.6 Å². The number of imidazole rings is 1. The lowest BCUT2D eigenvalue weighted by Crippen LogP contribution is -2.38. The number of carbonyl (C=O) groups is 1. The lowest BCUT2D eigenvalue weighted by Gasteiger charge is -2.25. The first-order valence-electron chi connectivity index (χ1n) is 12.1. The number of anilines is 2. The van der Waals surface area contributed by atoms with Crippen LogP contribution in [-0.4, -0.2) is 50.1 Å². The molecule has 1 unspecified atom stereocenters. The van der Waals surface area contributed by atoms with Gasteiger partial charge in [0.25, 0.3) is 0 Å². The molecule has 2 amide bonds. The molecule has 8 heteroatoms. The number of carbonyl (C=O) groups excluding carboxylic acids is 1. The van der Waals surface area contributed by atoms with Crippen molar-refractivity contribution in [3.8, 4) is 0 Å². The summed E-state index contributed by atoms with van der Waals surface area (Å²) >= 11 is 0. The number of hydrogen-bond donors (Lipinski definition) is 1. The Bertz CT molecular complexity index is 961. The van der Waals surface area contributed by atoms with Crippen molar-refractivity contribution in [3.05, 3.63) is 30.5 Å². The van der Waals surface area contributed by atoms with Gasteiger partial charge in [-0.1, -0.05) is 33.1 Å². The van der Waals surface area contributed by atoms with E-state index < -0.39 is 0 Å². The first kappa shape index (κ1) is 21.2. The smallest absolute Gasteiger partial charge is 0.325 e. The van der Waals surface area contributed by atoms with Gasteiger partial charge in [-0.3, -0.25) is 4.90 Å². The average molecular weight is 438 g/mol. The zero-order chi connectivity index (χ0) is 22.3. The fraction of sp³-hybridized carbons (Fsp3) is 0.667. The predicted molar refractivity (Wildman–Crippen MR) is 124 cm³/mol. The van der Waals surface area contributed by atoms with E-state index in [1.165, 1.54) is 32.1 Å². The maximum atomic E-state index is 12.8. The van der Waals surface area contributed by atoms with Crippen molar-refractivity contribution in [2.24, 2.45) is 11.8 Å². The van der Waals surface area contributed by atoms with Crippen molar-refractivity contribution in [2.45, 2.75) is 76.9 Å². The summed E-state index contributed by atoms with van der Waals surface area (Å²) in [6.07, 6.45) is 14.7. The van der Waals surface area contributed by atoms with E-state index in [0.29, 0.717) is 24.2 Å². The molecule has 1 saturated heterocycles. The number of aromatic nitrogens is 4. The van der Waals surface area contributed by atoms with Gasteiger partial charge in [0.05, 0.1) is 23.6 Å². The molecule has 3 fully saturated rings. The Hall–Kier alpha value is -2.64. The molecule has 2 saturated carbocycles. The molecule has 0 aromatic carbocycles. The van der Waals surface area contributed by atoms with E-state index in [1.807, 2.05) is 24.3 Å². The highest BCUT2D eigenvalue weighted by Gasteiger charge is 2.47. The maximum absolute atomic E-state index is 12.8. The van der Waals surface area contributed by atoms with Gasteiger partial charge in [-0.25, -0.2) is 14.8 Å². The van der Waals surface area contributed by atoms with Crippen molar-refractivity contribution in [1.29, 1.82) is 0 Å². The van der Waals surface area contributed by atoms with Gasteiger partial charge in [-0.2, -0.15) is 4.98 Å². The molecule has 172 valence electrons. The van der Waals surface area contributed by atoms with Crippen molar-refractivity contribution in [1.82, 2.24) is 24.4 Å². The summed E-state index contributed by atoms with van der Waals surface area (Å²) in [5, 5.41) is 3.55. The first-order valence-corrected chi connectivity index (χ1v) is 12.1. The SMILES string of the molecule is CC(C)C1CN(C)C(=O)N1c1ccnc(NC2(c3cn(CC4CCCCC4)cn3)CC2)n1. The third kappa shape index (κ3) is 4.07. The minimum atomic E-state index is -0.195. The summed E-state index contributed by atoms with van der Waals surface area (Å²) in [6, 6.07) is 1.94. The summed E-state index contributed by atoms with van der Waals surface area (Å²) in [5.74, 6) is 2.35. The van der Waals surface area contributed by atoms with Gasteiger partial charge in [-0.15, -0.1) is 0 Å². The second-order valence-corrected chi connectivity index (χ2v) is 10.2. The van der Waals surface area contributed by atoms with E-state index in [9.17, 15) is 4.79 Å². The Morgan fingerprint density at radius 2 is 1.97 bits per heavy atom. The number of nitrogens with one attached hydrogen (secondary N) is 1. The van der Waals surface area contributed by atoms with E-state index in [0.717, 1.165) is 31.0 Å². The molecule has 1 N–H and O–H groups in total. The Kier molecular flexibility index (Phi) is 5.55. The third-order valence-electron chi connectivity index (χ3n) is 7.40. The molecule has 2 aromatic rings. The third-order valence-corrected chi connectivity index (χ3v) is 7.40. The molecule has 32 heavy (non-hydrogen) atoms. The number of hydrogen-bond acceptors (Lipinski definition) is 5. The van der Waals surface area contributed by atoms with Crippen LogP contribution in [0.2, 0.25) is 0 Å². The van der Waals surface area contributed by atoms with Crippen LogP contribution in [0.4, 0.5) is 16.6 Å². The summed E-state index contributed by atoms with van der Waals surface area (Å²) in [6.45, 7) is 6.07. The van der Waals surface area contributed by atoms with Crippen LogP contribution >= 0.6 is 0 Å².